The molecule has 0 aliphatic carbocycles. The van der Waals surface area contributed by atoms with E-state index in [4.69, 9.17) is 0 Å². The maximum Gasteiger partial charge on any atom is 3.00 e. The number of hydrogen-bond donors (Lipinski definition) is 0. The van der Waals surface area contributed by atoms with Crippen molar-refractivity contribution in [3.8, 4) is 0 Å². The maximum atomic E-state index is 3.64. The fourth-order valence-corrected chi connectivity index (χ4v) is 0. The summed E-state index contributed by atoms with van der Waals surface area (Å²) in [5.41, 5.74) is 0. The van der Waals surface area contributed by atoms with E-state index in [-0.39, 0.29) is 38.6 Å². The zero-order valence-electron chi connectivity index (χ0n) is 10.8. The minimum Gasteiger partial charge on any atom is -0.341 e. The number of halogens is 1. The minimum absolute atomic E-state index is 0. The average Bonchev–Trinajstić information content (AvgIpc) is 1.54. The Morgan fingerprint density at radius 3 is 0.571 bits per heavy atom. The molecule has 14 heavy (non-hydrogen) atoms. The summed E-state index contributed by atoms with van der Waals surface area (Å²) in [6, 6.07) is 0. The van der Waals surface area contributed by atoms with Crippen LogP contribution in [0.5, 0.6) is 0 Å². The van der Waals surface area contributed by atoms with Crippen molar-refractivity contribution in [1.82, 2.24) is 0 Å². The van der Waals surface area contributed by atoms with Crippen LogP contribution in [0.4, 0.5) is 0 Å². The predicted molar refractivity (Wildman–Crippen MR) is 67.8 cm³/mol. The molecule has 0 N–H and O–H groups in total. The molecule has 87 valence electrons. The molecule has 0 atom stereocenters. The fraction of sp³-hybridized carbons (Fsp3) is 0.750. The molecular formula is C12H28ClZr. The summed E-state index contributed by atoms with van der Waals surface area (Å²) in [6.07, 6.45) is 0. The van der Waals surface area contributed by atoms with E-state index in [2.05, 4.69) is 62.3 Å². The van der Waals surface area contributed by atoms with E-state index >= 15 is 0 Å². The molecular weight excluding hydrogens is 271 g/mol. The van der Waals surface area contributed by atoms with Crippen LogP contribution >= 0.6 is 12.4 Å². The van der Waals surface area contributed by atoms with Crippen molar-refractivity contribution in [3.05, 3.63) is 20.8 Å². The third kappa shape index (κ3) is 1420. The molecule has 0 heterocycles. The Morgan fingerprint density at radius 2 is 0.571 bits per heavy atom. The van der Waals surface area contributed by atoms with Gasteiger partial charge in [0.1, 0.15) is 0 Å². The van der Waals surface area contributed by atoms with E-state index in [1.165, 1.54) is 0 Å². The van der Waals surface area contributed by atoms with Gasteiger partial charge >= 0.3 is 26.2 Å². The van der Waals surface area contributed by atoms with Crippen molar-refractivity contribution in [2.24, 2.45) is 17.8 Å². The third-order valence-electron chi connectivity index (χ3n) is 0. The second-order valence-electron chi connectivity index (χ2n) is 4.18. The summed E-state index contributed by atoms with van der Waals surface area (Å²) in [4.78, 5) is 0. The zero-order valence-corrected chi connectivity index (χ0v) is 14.0. The van der Waals surface area contributed by atoms with E-state index in [0.717, 1.165) is 0 Å². The molecule has 2 heteroatoms. The molecule has 0 saturated carbocycles. The third-order valence-corrected chi connectivity index (χ3v) is 0. The maximum absolute atomic E-state index is 3.64. The molecule has 0 bridgehead atoms. The van der Waals surface area contributed by atoms with Crippen LogP contribution < -0.4 is 0 Å². The van der Waals surface area contributed by atoms with Gasteiger partial charge in [0.15, 0.2) is 0 Å². The SMILES string of the molecule is Cl.[CH2-]C(C)C.[CH2-]C(C)C.[CH2-]C(C)C.[Zr+3]. The van der Waals surface area contributed by atoms with Crippen LogP contribution in [0.2, 0.25) is 0 Å². The van der Waals surface area contributed by atoms with E-state index in [9.17, 15) is 0 Å². The molecule has 0 aliphatic heterocycles. The van der Waals surface area contributed by atoms with Crippen LogP contribution in [0.25, 0.3) is 0 Å². The van der Waals surface area contributed by atoms with Crippen LogP contribution in [0.1, 0.15) is 41.5 Å². The molecule has 0 rings (SSSR count). The van der Waals surface area contributed by atoms with Crippen molar-refractivity contribution in [2.75, 3.05) is 0 Å². The van der Waals surface area contributed by atoms with Gasteiger partial charge in [-0.3, -0.25) is 0 Å². The first-order chi connectivity index (χ1) is 5.20. The van der Waals surface area contributed by atoms with Crippen LogP contribution in [0, 0.1) is 38.5 Å². The molecule has 0 nitrogen and oxygen atoms in total. The van der Waals surface area contributed by atoms with Gasteiger partial charge in [-0.15, -0.1) is 12.4 Å². The van der Waals surface area contributed by atoms with Crippen molar-refractivity contribution < 1.29 is 26.2 Å². The van der Waals surface area contributed by atoms with Crippen LogP contribution in [-0.2, 0) is 26.2 Å². The Labute approximate surface area is 118 Å². The predicted octanol–water partition coefficient (Wildman–Crippen LogP) is 4.85. The van der Waals surface area contributed by atoms with Crippen molar-refractivity contribution in [2.45, 2.75) is 41.5 Å². The first-order valence-corrected chi connectivity index (χ1v) is 4.69. The van der Waals surface area contributed by atoms with E-state index < -0.39 is 0 Å². The van der Waals surface area contributed by atoms with Crippen LogP contribution in [0.3, 0.4) is 0 Å². The fourth-order valence-electron chi connectivity index (χ4n) is 0. The summed E-state index contributed by atoms with van der Waals surface area (Å²) in [6.45, 7) is 23.2. The second-order valence-corrected chi connectivity index (χ2v) is 4.18. The molecule has 1 radical (unpaired) electrons. The molecule has 0 unspecified atom stereocenters. The molecule has 0 amide bonds. The Hall–Kier alpha value is 1.17. The second kappa shape index (κ2) is 23.8. The summed E-state index contributed by atoms with van der Waals surface area (Å²) in [7, 11) is 0. The van der Waals surface area contributed by atoms with Crippen LogP contribution in [0.15, 0.2) is 0 Å². The summed E-state index contributed by atoms with van der Waals surface area (Å²) >= 11 is 0. The van der Waals surface area contributed by atoms with Gasteiger partial charge in [0.25, 0.3) is 0 Å². The first-order valence-electron chi connectivity index (χ1n) is 4.69. The van der Waals surface area contributed by atoms with Gasteiger partial charge in [-0.25, -0.2) is 0 Å². The Balaban J connectivity index is -0.0000000270. The number of rotatable bonds is 0. The normalized spacial score (nSPS) is 7.71. The minimum atomic E-state index is 0. The van der Waals surface area contributed by atoms with Crippen molar-refractivity contribution in [1.29, 1.82) is 0 Å². The standard InChI is InChI=1S/3C4H9.ClH.Zr/c3*1-4(2)3;;/h3*4H,1H2,2-3H3;1H;/q3*-1;;+3. The average molecular weight is 299 g/mol. The van der Waals surface area contributed by atoms with E-state index in [1.807, 2.05) is 0 Å². The largest absolute Gasteiger partial charge is 3.00 e. The van der Waals surface area contributed by atoms with E-state index in [0.29, 0.717) is 17.8 Å². The van der Waals surface area contributed by atoms with Gasteiger partial charge in [0, 0.05) is 0 Å². The van der Waals surface area contributed by atoms with Gasteiger partial charge in [-0.05, 0) is 0 Å². The van der Waals surface area contributed by atoms with Gasteiger partial charge < -0.3 is 20.8 Å². The molecule has 0 spiro atoms. The van der Waals surface area contributed by atoms with Gasteiger partial charge in [0.05, 0.1) is 0 Å². The number of hydrogen-bond acceptors (Lipinski definition) is 0. The van der Waals surface area contributed by atoms with Gasteiger partial charge in [-0.2, -0.15) is 17.8 Å². The Bertz CT molecular complexity index is 38.8. The molecule has 0 aromatic carbocycles. The molecule has 0 aromatic heterocycles. The Kier molecular flexibility index (Phi) is 50.0. The summed E-state index contributed by atoms with van der Waals surface area (Å²) in [5.74, 6) is 1.75. The van der Waals surface area contributed by atoms with Crippen molar-refractivity contribution >= 4 is 12.4 Å². The Morgan fingerprint density at radius 1 is 0.571 bits per heavy atom. The molecule has 0 saturated heterocycles. The summed E-state index contributed by atoms with van der Waals surface area (Å²) in [5, 5.41) is 0. The summed E-state index contributed by atoms with van der Waals surface area (Å²) < 4.78 is 0. The van der Waals surface area contributed by atoms with Gasteiger partial charge in [0.2, 0.25) is 0 Å². The quantitative estimate of drug-likeness (QED) is 0.561. The molecule has 0 aromatic rings. The van der Waals surface area contributed by atoms with Crippen LogP contribution in [-0.4, -0.2) is 0 Å². The smallest absolute Gasteiger partial charge is 0.341 e. The zero-order chi connectivity index (χ0) is 10.7. The first kappa shape index (κ1) is 29.5. The van der Waals surface area contributed by atoms with E-state index in [1.54, 1.807) is 0 Å². The topological polar surface area (TPSA) is 0 Å². The van der Waals surface area contributed by atoms with Gasteiger partial charge in [-0.1, -0.05) is 41.5 Å². The van der Waals surface area contributed by atoms with Crippen molar-refractivity contribution in [3.63, 3.8) is 0 Å². The monoisotopic (exact) mass is 297 g/mol. The molecule has 0 aliphatic rings. The molecule has 0 fully saturated rings.